The Labute approximate surface area is 172 Å². The van der Waals surface area contributed by atoms with E-state index in [2.05, 4.69) is 15.4 Å². The van der Waals surface area contributed by atoms with Gasteiger partial charge in [0.25, 0.3) is 5.91 Å². The van der Waals surface area contributed by atoms with Crippen LogP contribution in [0, 0.1) is 5.82 Å². The second kappa shape index (κ2) is 9.00. The minimum absolute atomic E-state index is 0.0127. The number of hydrogen-bond acceptors (Lipinski definition) is 6. The summed E-state index contributed by atoms with van der Waals surface area (Å²) >= 11 is 0. The Bertz CT molecular complexity index is 981. The Morgan fingerprint density at radius 3 is 2.77 bits per heavy atom. The molecule has 30 heavy (non-hydrogen) atoms. The smallest absolute Gasteiger partial charge is 0.253 e. The van der Waals surface area contributed by atoms with Crippen molar-refractivity contribution in [3.05, 3.63) is 71.8 Å². The van der Waals surface area contributed by atoms with Gasteiger partial charge in [-0.3, -0.25) is 4.79 Å². The number of carbonyl (C=O) groups is 1. The maximum absolute atomic E-state index is 14.0. The lowest BCUT2D eigenvalue weighted by molar-refractivity contribution is 0.0788. The lowest BCUT2D eigenvalue weighted by Crippen LogP contribution is -2.28. The van der Waals surface area contributed by atoms with Crippen molar-refractivity contribution in [2.75, 3.05) is 19.7 Å². The number of ether oxygens (including phenoxy) is 1. The first-order valence-electron chi connectivity index (χ1n) is 9.75. The fraction of sp³-hybridized carbons (Fsp3) is 0.333. The molecule has 9 heteroatoms. The van der Waals surface area contributed by atoms with Gasteiger partial charge in [0.05, 0.1) is 6.54 Å². The maximum Gasteiger partial charge on any atom is 0.253 e. The molecule has 1 aromatic heterocycles. The lowest BCUT2D eigenvalue weighted by Gasteiger charge is -2.17. The van der Waals surface area contributed by atoms with Gasteiger partial charge in [-0.15, -0.1) is 10.2 Å². The molecule has 0 bridgehead atoms. The lowest BCUT2D eigenvalue weighted by atomic mass is 9.98. The predicted molar refractivity (Wildman–Crippen MR) is 105 cm³/mol. The van der Waals surface area contributed by atoms with Crippen molar-refractivity contribution in [1.29, 1.82) is 0 Å². The van der Waals surface area contributed by atoms with Gasteiger partial charge >= 0.3 is 0 Å². The summed E-state index contributed by atoms with van der Waals surface area (Å²) in [5, 5.41) is 21.1. The number of rotatable bonds is 7. The van der Waals surface area contributed by atoms with Crippen LogP contribution in [0.2, 0.25) is 0 Å². The van der Waals surface area contributed by atoms with Gasteiger partial charge in [0.1, 0.15) is 24.3 Å². The molecule has 1 fully saturated rings. The SMILES string of the molecule is O=C(c1ccc(OC[C@H](O)Cn2ncnn2)cc1)N1CCC(c2ccccc2F)C1. The molecule has 0 radical (unpaired) electrons. The summed E-state index contributed by atoms with van der Waals surface area (Å²) in [6, 6.07) is 13.5. The van der Waals surface area contributed by atoms with E-state index in [1.54, 1.807) is 41.3 Å². The largest absolute Gasteiger partial charge is 0.491 e. The third-order valence-electron chi connectivity index (χ3n) is 5.13. The zero-order valence-corrected chi connectivity index (χ0v) is 16.3. The number of aliphatic hydroxyl groups excluding tert-OH is 1. The molecule has 0 spiro atoms. The first-order valence-corrected chi connectivity index (χ1v) is 9.75. The fourth-order valence-electron chi connectivity index (χ4n) is 3.59. The van der Waals surface area contributed by atoms with Gasteiger partial charge < -0.3 is 14.7 Å². The molecule has 156 valence electrons. The van der Waals surface area contributed by atoms with Crippen LogP contribution in [-0.2, 0) is 6.54 Å². The second-order valence-electron chi connectivity index (χ2n) is 7.24. The maximum atomic E-state index is 14.0. The van der Waals surface area contributed by atoms with Crippen LogP contribution in [0.25, 0.3) is 0 Å². The number of hydrogen-bond donors (Lipinski definition) is 1. The molecular weight excluding hydrogens is 389 g/mol. The first-order chi connectivity index (χ1) is 14.6. The average Bonchev–Trinajstić information content (AvgIpc) is 3.45. The minimum atomic E-state index is -0.791. The zero-order valence-electron chi connectivity index (χ0n) is 16.3. The van der Waals surface area contributed by atoms with Gasteiger partial charge in [-0.25, -0.2) is 4.39 Å². The fourth-order valence-corrected chi connectivity index (χ4v) is 3.59. The van der Waals surface area contributed by atoms with Gasteiger partial charge in [0, 0.05) is 24.6 Å². The molecule has 8 nitrogen and oxygen atoms in total. The quantitative estimate of drug-likeness (QED) is 0.638. The molecule has 1 aliphatic heterocycles. The standard InChI is InChI=1S/C21H22FN5O3/c22-20-4-2-1-3-19(20)16-9-10-26(11-16)21(29)15-5-7-18(8-6-15)30-13-17(28)12-27-24-14-23-25-27/h1-8,14,16-17,28H,9-13H2/t16?,17-/m1/s1. The van der Waals surface area contributed by atoms with E-state index in [1.165, 1.54) is 17.2 Å². The zero-order chi connectivity index (χ0) is 20.9. The van der Waals surface area contributed by atoms with Gasteiger partial charge in [-0.1, -0.05) is 18.2 Å². The van der Waals surface area contributed by atoms with E-state index >= 15 is 0 Å². The van der Waals surface area contributed by atoms with E-state index < -0.39 is 6.10 Å². The summed E-state index contributed by atoms with van der Waals surface area (Å²) in [4.78, 5) is 15.8. The predicted octanol–water partition coefficient (Wildman–Crippen LogP) is 1.88. The Morgan fingerprint density at radius 1 is 1.23 bits per heavy atom. The van der Waals surface area contributed by atoms with Crippen LogP contribution >= 0.6 is 0 Å². The van der Waals surface area contributed by atoms with Crippen molar-refractivity contribution in [2.24, 2.45) is 0 Å². The summed E-state index contributed by atoms with van der Waals surface area (Å²) in [5.74, 6) is 0.249. The average molecular weight is 411 g/mol. The molecule has 1 saturated heterocycles. The third-order valence-corrected chi connectivity index (χ3v) is 5.13. The number of aromatic nitrogens is 4. The summed E-state index contributed by atoms with van der Waals surface area (Å²) in [6.07, 6.45) is 1.25. The molecule has 3 aromatic rings. The van der Waals surface area contributed by atoms with Crippen LogP contribution in [0.3, 0.4) is 0 Å². The highest BCUT2D eigenvalue weighted by Gasteiger charge is 2.29. The van der Waals surface area contributed by atoms with E-state index in [0.29, 0.717) is 30.0 Å². The normalized spacial score (nSPS) is 17.1. The molecule has 2 atom stereocenters. The van der Waals surface area contributed by atoms with Crippen LogP contribution in [0.5, 0.6) is 5.75 Å². The number of tetrazole rings is 1. The van der Waals surface area contributed by atoms with Gasteiger partial charge in [0.15, 0.2) is 6.33 Å². The third kappa shape index (κ3) is 4.62. The highest BCUT2D eigenvalue weighted by Crippen LogP contribution is 2.30. The summed E-state index contributed by atoms with van der Waals surface area (Å²) in [7, 11) is 0. The second-order valence-corrected chi connectivity index (χ2v) is 7.24. The Balaban J connectivity index is 1.30. The van der Waals surface area contributed by atoms with Crippen molar-refractivity contribution < 1.29 is 19.0 Å². The van der Waals surface area contributed by atoms with Crippen molar-refractivity contribution >= 4 is 5.91 Å². The number of aliphatic hydroxyl groups is 1. The van der Waals surface area contributed by atoms with Crippen LogP contribution in [0.1, 0.15) is 28.3 Å². The number of benzene rings is 2. The minimum Gasteiger partial charge on any atom is -0.491 e. The van der Waals surface area contributed by atoms with E-state index in [1.807, 2.05) is 6.07 Å². The molecule has 1 aliphatic rings. The van der Waals surface area contributed by atoms with E-state index in [9.17, 15) is 14.3 Å². The van der Waals surface area contributed by atoms with Crippen LogP contribution in [0.4, 0.5) is 4.39 Å². The molecule has 1 unspecified atom stereocenters. The van der Waals surface area contributed by atoms with Crippen LogP contribution in [-0.4, -0.2) is 61.9 Å². The van der Waals surface area contributed by atoms with Crippen molar-refractivity contribution in [2.45, 2.75) is 25.0 Å². The Morgan fingerprint density at radius 2 is 2.03 bits per heavy atom. The molecule has 1 N–H and O–H groups in total. The number of halogens is 1. The number of amides is 1. The molecule has 2 heterocycles. The Kier molecular flexibility index (Phi) is 5.99. The van der Waals surface area contributed by atoms with Crippen molar-refractivity contribution in [1.82, 2.24) is 25.1 Å². The number of likely N-dealkylation sites (tertiary alicyclic amines) is 1. The van der Waals surface area contributed by atoms with E-state index in [4.69, 9.17) is 4.74 Å². The monoisotopic (exact) mass is 411 g/mol. The van der Waals surface area contributed by atoms with Gasteiger partial charge in [-0.05, 0) is 47.5 Å². The molecule has 4 rings (SSSR count). The Hall–Kier alpha value is -3.33. The van der Waals surface area contributed by atoms with Crippen LogP contribution < -0.4 is 4.74 Å². The van der Waals surface area contributed by atoms with Gasteiger partial charge in [0.2, 0.25) is 0 Å². The van der Waals surface area contributed by atoms with Crippen molar-refractivity contribution in [3.63, 3.8) is 0 Å². The molecule has 2 aromatic carbocycles. The van der Waals surface area contributed by atoms with E-state index in [0.717, 1.165) is 6.42 Å². The topological polar surface area (TPSA) is 93.4 Å². The van der Waals surface area contributed by atoms with Crippen LogP contribution in [0.15, 0.2) is 54.9 Å². The summed E-state index contributed by atoms with van der Waals surface area (Å²) in [5.41, 5.74) is 1.21. The molecule has 0 aliphatic carbocycles. The number of carbonyl (C=O) groups excluding carboxylic acids is 1. The van der Waals surface area contributed by atoms with Crippen molar-refractivity contribution in [3.8, 4) is 5.75 Å². The first kappa shape index (κ1) is 20.0. The van der Waals surface area contributed by atoms with E-state index in [-0.39, 0.29) is 30.8 Å². The highest BCUT2D eigenvalue weighted by molar-refractivity contribution is 5.94. The molecule has 0 saturated carbocycles. The molecule has 1 amide bonds. The number of nitrogens with zero attached hydrogens (tertiary/aromatic N) is 5. The molecular formula is C21H22FN5O3. The summed E-state index contributed by atoms with van der Waals surface area (Å²) in [6.45, 7) is 1.33. The van der Waals surface area contributed by atoms with Gasteiger partial charge in [-0.2, -0.15) is 4.80 Å². The summed E-state index contributed by atoms with van der Waals surface area (Å²) < 4.78 is 19.6. The highest BCUT2D eigenvalue weighted by atomic mass is 19.1.